The summed E-state index contributed by atoms with van der Waals surface area (Å²) in [6.45, 7) is 1.34. The summed E-state index contributed by atoms with van der Waals surface area (Å²) in [4.78, 5) is 49.8. The topological polar surface area (TPSA) is 95.6 Å². The van der Waals surface area contributed by atoms with Gasteiger partial charge in [0.1, 0.15) is 10.8 Å². The third-order valence-corrected chi connectivity index (χ3v) is 6.80. The van der Waals surface area contributed by atoms with Crippen LogP contribution in [0.3, 0.4) is 0 Å². The summed E-state index contributed by atoms with van der Waals surface area (Å²) in [5, 5.41) is 3.25. The Morgan fingerprint density at radius 2 is 1.74 bits per heavy atom. The van der Waals surface area contributed by atoms with Crippen LogP contribution >= 0.6 is 11.3 Å². The molecule has 1 aliphatic rings. The molecule has 5 rings (SSSR count). The van der Waals surface area contributed by atoms with E-state index in [4.69, 9.17) is 4.74 Å². The fourth-order valence-corrected chi connectivity index (χ4v) is 4.91. The Morgan fingerprint density at radius 3 is 2.41 bits per heavy atom. The molecule has 1 aliphatic heterocycles. The van der Waals surface area contributed by atoms with Crippen LogP contribution in [0.15, 0.2) is 60.2 Å². The van der Waals surface area contributed by atoms with Gasteiger partial charge in [-0.1, -0.05) is 18.2 Å². The molecule has 3 heterocycles. The fraction of sp³-hybridized carbons (Fsp3) is 0.200. The summed E-state index contributed by atoms with van der Waals surface area (Å²) in [6.07, 6.45) is 3.27. The van der Waals surface area contributed by atoms with E-state index in [9.17, 15) is 14.4 Å². The first kappa shape index (κ1) is 21.8. The van der Waals surface area contributed by atoms with Crippen LogP contribution < -0.4 is 4.74 Å². The minimum atomic E-state index is -0.608. The number of carbonyl (C=O) groups excluding carboxylic acids is 3. The van der Waals surface area contributed by atoms with Gasteiger partial charge in [-0.15, -0.1) is 11.3 Å². The number of nitrogens with zero attached hydrogens (tertiary/aromatic N) is 3. The molecule has 0 atom stereocenters. The molecule has 1 fully saturated rings. The normalized spacial score (nSPS) is 13.8. The van der Waals surface area contributed by atoms with E-state index in [0.717, 1.165) is 10.6 Å². The first-order chi connectivity index (χ1) is 16.6. The molecule has 0 aliphatic carbocycles. The van der Waals surface area contributed by atoms with E-state index in [2.05, 4.69) is 9.97 Å². The van der Waals surface area contributed by atoms with Gasteiger partial charge in [0, 0.05) is 55.1 Å². The molecule has 34 heavy (non-hydrogen) atoms. The molecule has 2 amide bonds. The number of amides is 2. The van der Waals surface area contributed by atoms with E-state index in [0.29, 0.717) is 48.4 Å². The molecule has 1 N–H and O–H groups in total. The summed E-state index contributed by atoms with van der Waals surface area (Å²) < 4.78 is 5.50. The molecule has 1 saturated heterocycles. The summed E-state index contributed by atoms with van der Waals surface area (Å²) in [5.41, 5.74) is 2.41. The van der Waals surface area contributed by atoms with Crippen molar-refractivity contribution >= 4 is 39.8 Å². The fourth-order valence-electron chi connectivity index (χ4n) is 4.24. The van der Waals surface area contributed by atoms with Crippen molar-refractivity contribution in [2.75, 3.05) is 33.3 Å². The van der Waals surface area contributed by atoms with Gasteiger partial charge in [0.2, 0.25) is 0 Å². The Balaban J connectivity index is 1.36. The highest BCUT2D eigenvalue weighted by molar-refractivity contribution is 7.13. The van der Waals surface area contributed by atoms with Gasteiger partial charge in [0.15, 0.2) is 0 Å². The Hall–Kier alpha value is -3.98. The minimum absolute atomic E-state index is 0.0740. The molecule has 2 aromatic heterocycles. The number of thiazole rings is 1. The third kappa shape index (κ3) is 3.84. The van der Waals surface area contributed by atoms with Crippen LogP contribution in [0, 0.1) is 0 Å². The SMILES string of the molecule is COc1ccc(-c2nccs2)c2[nH]cc(C(=O)C(=O)N3CCN(C(=O)c4ccccc4)CC3)c12. The molecule has 0 spiro atoms. The maximum absolute atomic E-state index is 13.3. The Labute approximate surface area is 199 Å². The third-order valence-electron chi connectivity index (χ3n) is 5.99. The number of H-pyrrole nitrogens is 1. The van der Waals surface area contributed by atoms with Gasteiger partial charge in [-0.3, -0.25) is 14.4 Å². The number of rotatable bonds is 5. The Kier molecular flexibility index (Phi) is 5.85. The summed E-state index contributed by atoms with van der Waals surface area (Å²) >= 11 is 1.49. The van der Waals surface area contributed by atoms with Crippen LogP contribution in [-0.2, 0) is 4.79 Å². The lowest BCUT2D eigenvalue weighted by Gasteiger charge is -2.34. The van der Waals surface area contributed by atoms with Crippen LogP contribution in [0.4, 0.5) is 0 Å². The van der Waals surface area contributed by atoms with E-state index in [1.54, 1.807) is 35.5 Å². The first-order valence-corrected chi connectivity index (χ1v) is 11.7. The second-order valence-corrected chi connectivity index (χ2v) is 8.78. The molecule has 0 saturated carbocycles. The lowest BCUT2D eigenvalue weighted by atomic mass is 10.0. The summed E-state index contributed by atoms with van der Waals surface area (Å²) in [6, 6.07) is 12.7. The zero-order chi connectivity index (χ0) is 23.7. The largest absolute Gasteiger partial charge is 0.496 e. The second-order valence-electron chi connectivity index (χ2n) is 7.88. The molecule has 4 aromatic rings. The van der Waals surface area contributed by atoms with Crippen LogP contribution in [0.25, 0.3) is 21.5 Å². The molecule has 0 unspecified atom stereocenters. The van der Waals surface area contributed by atoms with Crippen molar-refractivity contribution in [3.8, 4) is 16.3 Å². The lowest BCUT2D eigenvalue weighted by molar-refractivity contribution is -0.127. The highest BCUT2D eigenvalue weighted by atomic mass is 32.1. The van der Waals surface area contributed by atoms with Crippen molar-refractivity contribution in [3.05, 3.63) is 71.4 Å². The van der Waals surface area contributed by atoms with Crippen molar-refractivity contribution < 1.29 is 19.1 Å². The van der Waals surface area contributed by atoms with Gasteiger partial charge >= 0.3 is 0 Å². The predicted molar refractivity (Wildman–Crippen MR) is 129 cm³/mol. The number of piperazine rings is 1. The van der Waals surface area contributed by atoms with E-state index in [1.807, 2.05) is 29.6 Å². The molecule has 9 heteroatoms. The minimum Gasteiger partial charge on any atom is -0.496 e. The quantitative estimate of drug-likeness (QED) is 0.353. The number of carbonyl (C=O) groups is 3. The molecule has 2 aromatic carbocycles. The average molecular weight is 475 g/mol. The standard InChI is InChI=1S/C25H22N4O4S/c1-33-19-8-7-17(23-26-9-14-34-23)21-20(19)18(15-27-21)22(30)25(32)29-12-10-28(11-13-29)24(31)16-5-3-2-4-6-16/h2-9,14-15,27H,10-13H2,1H3. The Morgan fingerprint density at radius 1 is 1.00 bits per heavy atom. The van der Waals surface area contributed by atoms with Crippen molar-refractivity contribution in [1.29, 1.82) is 0 Å². The number of ether oxygens (including phenoxy) is 1. The molecular formula is C25H22N4O4S. The average Bonchev–Trinajstić information content (AvgIpc) is 3.58. The lowest BCUT2D eigenvalue weighted by Crippen LogP contribution is -2.52. The van der Waals surface area contributed by atoms with Gasteiger partial charge in [-0.2, -0.15) is 0 Å². The molecule has 8 nitrogen and oxygen atoms in total. The molecular weight excluding hydrogens is 452 g/mol. The number of nitrogens with one attached hydrogen (secondary N) is 1. The van der Waals surface area contributed by atoms with Crippen LogP contribution in [0.1, 0.15) is 20.7 Å². The van der Waals surface area contributed by atoms with Gasteiger partial charge in [0.25, 0.3) is 17.6 Å². The summed E-state index contributed by atoms with van der Waals surface area (Å²) in [7, 11) is 1.53. The highest BCUT2D eigenvalue weighted by Gasteiger charge is 2.31. The van der Waals surface area contributed by atoms with Crippen LogP contribution in [0.5, 0.6) is 5.75 Å². The van der Waals surface area contributed by atoms with E-state index in [-0.39, 0.29) is 11.5 Å². The number of aromatic nitrogens is 2. The molecule has 0 bridgehead atoms. The first-order valence-electron chi connectivity index (χ1n) is 10.8. The highest BCUT2D eigenvalue weighted by Crippen LogP contribution is 2.37. The van der Waals surface area contributed by atoms with Crippen LogP contribution in [-0.4, -0.2) is 70.7 Å². The maximum atomic E-state index is 13.3. The number of ketones is 1. The maximum Gasteiger partial charge on any atom is 0.295 e. The van der Waals surface area contributed by atoms with Crippen molar-refractivity contribution in [3.63, 3.8) is 0 Å². The number of hydrogen-bond donors (Lipinski definition) is 1. The zero-order valence-corrected chi connectivity index (χ0v) is 19.3. The van der Waals surface area contributed by atoms with Gasteiger partial charge < -0.3 is 19.5 Å². The monoisotopic (exact) mass is 474 g/mol. The van der Waals surface area contributed by atoms with Gasteiger partial charge in [-0.05, 0) is 24.3 Å². The van der Waals surface area contributed by atoms with Crippen molar-refractivity contribution in [1.82, 2.24) is 19.8 Å². The predicted octanol–water partition coefficient (Wildman–Crippen LogP) is 3.47. The molecule has 172 valence electrons. The number of aromatic amines is 1. The van der Waals surface area contributed by atoms with E-state index in [1.165, 1.54) is 23.3 Å². The number of methoxy groups -OCH3 is 1. The number of Topliss-reactive ketones (excluding diaryl/α,β-unsaturated/α-hetero) is 1. The number of benzene rings is 2. The van der Waals surface area contributed by atoms with E-state index < -0.39 is 11.7 Å². The smallest absolute Gasteiger partial charge is 0.295 e. The number of hydrogen-bond acceptors (Lipinski definition) is 6. The van der Waals surface area contributed by atoms with Gasteiger partial charge in [0.05, 0.1) is 23.6 Å². The molecule has 0 radical (unpaired) electrons. The Bertz CT molecular complexity index is 1360. The van der Waals surface area contributed by atoms with Crippen LogP contribution in [0.2, 0.25) is 0 Å². The van der Waals surface area contributed by atoms with Gasteiger partial charge in [-0.25, -0.2) is 4.98 Å². The van der Waals surface area contributed by atoms with Crippen molar-refractivity contribution in [2.45, 2.75) is 0 Å². The van der Waals surface area contributed by atoms with E-state index >= 15 is 0 Å². The second kappa shape index (κ2) is 9.11. The van der Waals surface area contributed by atoms with Crippen molar-refractivity contribution in [2.24, 2.45) is 0 Å². The zero-order valence-electron chi connectivity index (χ0n) is 18.5. The summed E-state index contributed by atoms with van der Waals surface area (Å²) in [5.74, 6) is -0.765. The number of fused-ring (bicyclic) bond motifs is 1.